The number of alkyl halides is 2. The average molecular weight is 304 g/mol. The van der Waals surface area contributed by atoms with Crippen molar-refractivity contribution < 1.29 is 4.74 Å². The topological polar surface area (TPSA) is 9.23 Å². The predicted molar refractivity (Wildman–Crippen MR) is 71.5 cm³/mol. The lowest BCUT2D eigenvalue weighted by Crippen LogP contribution is -2.19. The Bertz CT molecular complexity index is 334. The molecule has 1 aliphatic carbocycles. The van der Waals surface area contributed by atoms with Crippen LogP contribution in [0.25, 0.3) is 0 Å². The number of rotatable bonds is 3. The molecule has 0 radical (unpaired) electrons. The summed E-state index contributed by atoms with van der Waals surface area (Å²) in [5, 5.41) is 0. The van der Waals surface area contributed by atoms with E-state index in [9.17, 15) is 0 Å². The van der Waals surface area contributed by atoms with Gasteiger partial charge in [-0.3, -0.25) is 0 Å². The van der Waals surface area contributed by atoms with Gasteiger partial charge in [0.15, 0.2) is 0 Å². The van der Waals surface area contributed by atoms with Crippen molar-refractivity contribution in [1.29, 1.82) is 0 Å². The van der Waals surface area contributed by atoms with Crippen molar-refractivity contribution >= 4 is 27.5 Å². The van der Waals surface area contributed by atoms with Gasteiger partial charge >= 0.3 is 0 Å². The zero-order valence-corrected chi connectivity index (χ0v) is 11.5. The van der Waals surface area contributed by atoms with Gasteiger partial charge in [0, 0.05) is 0 Å². The normalized spacial score (nSPS) is 19.4. The fourth-order valence-corrected chi connectivity index (χ4v) is 2.52. The van der Waals surface area contributed by atoms with Crippen molar-refractivity contribution in [3.05, 3.63) is 29.8 Å². The van der Waals surface area contributed by atoms with Crippen LogP contribution in [0.4, 0.5) is 0 Å². The van der Waals surface area contributed by atoms with Gasteiger partial charge in [0.1, 0.15) is 10.0 Å². The summed E-state index contributed by atoms with van der Waals surface area (Å²) in [4.78, 5) is 0. The fraction of sp³-hybridized carbons (Fsp3) is 0.538. The first kappa shape index (κ1) is 12.3. The number of ether oxygens (including phenoxy) is 1. The Balaban J connectivity index is 2.00. The van der Waals surface area contributed by atoms with Gasteiger partial charge in [-0.1, -0.05) is 34.5 Å². The predicted octanol–water partition coefficient (Wildman–Crippen LogP) is 5.03. The van der Waals surface area contributed by atoms with E-state index < -0.39 is 0 Å². The lowest BCUT2D eigenvalue weighted by Gasteiger charge is -2.23. The largest absolute Gasteiger partial charge is 0.490 e. The first-order valence-electron chi connectivity index (χ1n) is 5.80. The Morgan fingerprint density at radius 1 is 1.25 bits per heavy atom. The van der Waals surface area contributed by atoms with E-state index >= 15 is 0 Å². The number of halogens is 2. The van der Waals surface area contributed by atoms with Gasteiger partial charge in [-0.2, -0.15) is 0 Å². The van der Waals surface area contributed by atoms with Crippen LogP contribution in [0.5, 0.6) is 5.75 Å². The minimum absolute atomic E-state index is 0.137. The molecule has 1 atom stereocenters. The molecule has 2 rings (SSSR count). The molecule has 1 aliphatic rings. The van der Waals surface area contributed by atoms with Crippen LogP contribution in [0.2, 0.25) is 0 Å². The van der Waals surface area contributed by atoms with E-state index in [1.54, 1.807) is 0 Å². The van der Waals surface area contributed by atoms with E-state index in [-0.39, 0.29) is 4.29 Å². The summed E-state index contributed by atoms with van der Waals surface area (Å²) in [7, 11) is 0. The summed E-state index contributed by atoms with van der Waals surface area (Å²) in [5.41, 5.74) is 1.05. The Kier molecular flexibility index (Phi) is 4.54. The second kappa shape index (κ2) is 5.92. The first-order chi connectivity index (χ1) is 7.75. The van der Waals surface area contributed by atoms with Gasteiger partial charge in [-0.05, 0) is 43.4 Å². The van der Waals surface area contributed by atoms with Crippen LogP contribution < -0.4 is 4.74 Å². The minimum atomic E-state index is -0.137. The highest BCUT2D eigenvalue weighted by Gasteiger charge is 2.15. The molecule has 1 aromatic carbocycles. The van der Waals surface area contributed by atoms with Crippen molar-refractivity contribution in [3.63, 3.8) is 0 Å². The number of hydrogen-bond acceptors (Lipinski definition) is 1. The van der Waals surface area contributed by atoms with Crippen LogP contribution in [0, 0.1) is 0 Å². The maximum atomic E-state index is 5.98. The second-order valence-electron chi connectivity index (χ2n) is 4.25. The molecule has 1 saturated carbocycles. The standard InChI is InChI=1S/C13H16BrClO/c14-13(15)10-5-4-8-12(9-10)16-11-6-2-1-3-7-11/h4-5,8-9,11,13H,1-3,6-7H2. The zero-order valence-electron chi connectivity index (χ0n) is 9.16. The molecule has 1 unspecified atom stereocenters. The minimum Gasteiger partial charge on any atom is -0.490 e. The highest BCUT2D eigenvalue weighted by molar-refractivity contribution is 9.09. The highest BCUT2D eigenvalue weighted by Crippen LogP contribution is 2.30. The quantitative estimate of drug-likeness (QED) is 0.712. The van der Waals surface area contributed by atoms with E-state index in [0.717, 1.165) is 11.3 Å². The van der Waals surface area contributed by atoms with Gasteiger partial charge in [0.25, 0.3) is 0 Å². The fourth-order valence-electron chi connectivity index (χ4n) is 2.10. The highest BCUT2D eigenvalue weighted by atomic mass is 79.9. The van der Waals surface area contributed by atoms with E-state index in [0.29, 0.717) is 6.10 Å². The van der Waals surface area contributed by atoms with Gasteiger partial charge in [-0.15, -0.1) is 11.6 Å². The SMILES string of the molecule is ClC(Br)c1cccc(OC2CCCCC2)c1. The average Bonchev–Trinajstić information content (AvgIpc) is 2.30. The van der Waals surface area contributed by atoms with E-state index in [2.05, 4.69) is 15.9 Å². The van der Waals surface area contributed by atoms with Crippen LogP contribution in [-0.4, -0.2) is 6.10 Å². The smallest absolute Gasteiger partial charge is 0.120 e. The van der Waals surface area contributed by atoms with E-state index in [1.807, 2.05) is 24.3 Å². The molecule has 0 aliphatic heterocycles. The summed E-state index contributed by atoms with van der Waals surface area (Å²) < 4.78 is 5.83. The van der Waals surface area contributed by atoms with E-state index in [4.69, 9.17) is 16.3 Å². The van der Waals surface area contributed by atoms with Gasteiger partial charge in [-0.25, -0.2) is 0 Å². The maximum Gasteiger partial charge on any atom is 0.120 e. The van der Waals surface area contributed by atoms with Gasteiger partial charge in [0.2, 0.25) is 0 Å². The van der Waals surface area contributed by atoms with Crippen molar-refractivity contribution in [2.75, 3.05) is 0 Å². The third-order valence-electron chi connectivity index (χ3n) is 2.97. The molecular formula is C13H16BrClO. The molecule has 88 valence electrons. The molecule has 0 saturated heterocycles. The summed E-state index contributed by atoms with van der Waals surface area (Å²) in [5.74, 6) is 0.939. The van der Waals surface area contributed by atoms with Crippen LogP contribution in [0.1, 0.15) is 42.0 Å². The summed E-state index contributed by atoms with van der Waals surface area (Å²) >= 11 is 9.33. The Morgan fingerprint density at radius 3 is 2.69 bits per heavy atom. The van der Waals surface area contributed by atoms with Crippen molar-refractivity contribution in [2.45, 2.75) is 42.5 Å². The zero-order chi connectivity index (χ0) is 11.4. The monoisotopic (exact) mass is 302 g/mol. The maximum absolute atomic E-state index is 5.98. The van der Waals surface area contributed by atoms with Gasteiger partial charge in [0.05, 0.1) is 6.10 Å². The summed E-state index contributed by atoms with van der Waals surface area (Å²) in [6.07, 6.45) is 6.70. The molecule has 3 heteroatoms. The first-order valence-corrected chi connectivity index (χ1v) is 7.15. The second-order valence-corrected chi connectivity index (χ2v) is 6.13. The third kappa shape index (κ3) is 3.39. The molecule has 0 aromatic heterocycles. The van der Waals surface area contributed by atoms with Crippen LogP contribution >= 0.6 is 27.5 Å². The molecular weight excluding hydrogens is 287 g/mol. The molecule has 0 amide bonds. The molecule has 0 spiro atoms. The lowest BCUT2D eigenvalue weighted by molar-refractivity contribution is 0.155. The van der Waals surface area contributed by atoms with Crippen LogP contribution in [-0.2, 0) is 0 Å². The number of hydrogen-bond donors (Lipinski definition) is 0. The Labute approximate surface area is 110 Å². The molecule has 16 heavy (non-hydrogen) atoms. The van der Waals surface area contributed by atoms with Crippen molar-refractivity contribution in [1.82, 2.24) is 0 Å². The number of benzene rings is 1. The van der Waals surface area contributed by atoms with Crippen molar-refractivity contribution in [3.8, 4) is 5.75 Å². The molecule has 1 aromatic rings. The lowest BCUT2D eigenvalue weighted by atomic mass is 9.98. The van der Waals surface area contributed by atoms with Crippen LogP contribution in [0.3, 0.4) is 0 Å². The summed E-state index contributed by atoms with van der Waals surface area (Å²) in [6, 6.07) is 8.01. The van der Waals surface area contributed by atoms with E-state index in [1.165, 1.54) is 32.1 Å². The molecule has 0 heterocycles. The molecule has 1 nitrogen and oxygen atoms in total. The molecule has 0 N–H and O–H groups in total. The summed E-state index contributed by atoms with van der Waals surface area (Å²) in [6.45, 7) is 0. The van der Waals surface area contributed by atoms with Crippen molar-refractivity contribution in [2.24, 2.45) is 0 Å². The Morgan fingerprint density at radius 2 is 2.00 bits per heavy atom. The Hall–Kier alpha value is -0.210. The molecule has 1 fully saturated rings. The van der Waals surface area contributed by atoms with Gasteiger partial charge < -0.3 is 4.74 Å². The third-order valence-corrected chi connectivity index (χ3v) is 3.75. The van der Waals surface area contributed by atoms with Crippen LogP contribution in [0.15, 0.2) is 24.3 Å². The molecule has 0 bridgehead atoms.